The standard InChI is InChI=1S/C8H8Cl3NO3S2/c1-6-2-4-7(5-3-6)17(14,15)12-16(11,13)8(9)10/h2-5,8H,1H3. The van der Waals surface area contributed by atoms with Crippen LogP contribution in [0.4, 0.5) is 0 Å². The van der Waals surface area contributed by atoms with E-state index in [-0.39, 0.29) is 4.90 Å². The van der Waals surface area contributed by atoms with Crippen LogP contribution in [-0.2, 0) is 19.0 Å². The van der Waals surface area contributed by atoms with E-state index in [1.54, 1.807) is 19.1 Å². The van der Waals surface area contributed by atoms with Gasteiger partial charge in [0.05, 0.1) is 4.90 Å². The lowest BCUT2D eigenvalue weighted by Crippen LogP contribution is -2.05. The van der Waals surface area contributed by atoms with E-state index in [1.807, 2.05) is 0 Å². The Labute approximate surface area is 115 Å². The fraction of sp³-hybridized carbons (Fsp3) is 0.250. The molecule has 0 amide bonds. The Morgan fingerprint density at radius 1 is 1.12 bits per heavy atom. The molecule has 4 nitrogen and oxygen atoms in total. The zero-order chi connectivity index (χ0) is 13.3. The van der Waals surface area contributed by atoms with Gasteiger partial charge < -0.3 is 0 Å². The summed E-state index contributed by atoms with van der Waals surface area (Å²) in [5, 5.41) is 0. The molecule has 0 aliphatic heterocycles. The minimum Gasteiger partial charge on any atom is -0.230 e. The molecule has 9 heteroatoms. The summed E-state index contributed by atoms with van der Waals surface area (Å²) in [7, 11) is -2.50. The Kier molecular flexibility index (Phi) is 4.71. The zero-order valence-corrected chi connectivity index (χ0v) is 12.4. The van der Waals surface area contributed by atoms with E-state index in [0.29, 0.717) is 0 Å². The molecular weight excluding hydrogens is 329 g/mol. The molecule has 0 aromatic heterocycles. The van der Waals surface area contributed by atoms with Gasteiger partial charge >= 0.3 is 0 Å². The summed E-state index contributed by atoms with van der Waals surface area (Å²) < 4.78 is 36.4. The molecule has 0 aliphatic carbocycles. The zero-order valence-electron chi connectivity index (χ0n) is 8.51. The van der Waals surface area contributed by atoms with Crippen molar-refractivity contribution in [3.8, 4) is 0 Å². The molecule has 0 heterocycles. The number of aryl methyl sites for hydroxylation is 1. The van der Waals surface area contributed by atoms with Crippen LogP contribution in [0.2, 0.25) is 0 Å². The summed E-state index contributed by atoms with van der Waals surface area (Å²) in [5.41, 5.74) is 0.878. The van der Waals surface area contributed by atoms with Crippen molar-refractivity contribution >= 4 is 52.9 Å². The van der Waals surface area contributed by atoms with E-state index in [1.165, 1.54) is 12.1 Å². The van der Waals surface area contributed by atoms with Crippen molar-refractivity contribution in [2.24, 2.45) is 3.77 Å². The second-order valence-corrected chi connectivity index (χ2v) is 9.54. The number of alkyl halides is 2. The van der Waals surface area contributed by atoms with E-state index in [9.17, 15) is 12.6 Å². The summed E-state index contributed by atoms with van der Waals surface area (Å²) in [5.74, 6) is 0. The molecule has 1 unspecified atom stereocenters. The predicted octanol–water partition coefficient (Wildman–Crippen LogP) is 3.07. The maximum atomic E-state index is 11.7. The second kappa shape index (κ2) is 5.32. The Bertz CT molecular complexity index is 616. The van der Waals surface area contributed by atoms with Crippen molar-refractivity contribution in [2.45, 2.75) is 16.0 Å². The van der Waals surface area contributed by atoms with E-state index in [4.69, 9.17) is 33.9 Å². The minimum absolute atomic E-state index is 0.120. The van der Waals surface area contributed by atoms with Gasteiger partial charge in [-0.25, -0.2) is 4.21 Å². The van der Waals surface area contributed by atoms with Crippen LogP contribution in [0.3, 0.4) is 0 Å². The molecule has 0 spiro atoms. The van der Waals surface area contributed by atoms with Gasteiger partial charge in [0.1, 0.15) is 0 Å². The number of hydrogen-bond donors (Lipinski definition) is 0. The second-order valence-electron chi connectivity index (χ2n) is 3.12. The third-order valence-electron chi connectivity index (χ3n) is 1.74. The summed E-state index contributed by atoms with van der Waals surface area (Å²) in [6.45, 7) is 1.80. The number of halogens is 3. The van der Waals surface area contributed by atoms with Gasteiger partial charge in [0.25, 0.3) is 10.0 Å². The number of sulfonamides is 1. The first kappa shape index (κ1) is 15.0. The van der Waals surface area contributed by atoms with Crippen molar-refractivity contribution in [2.75, 3.05) is 0 Å². The van der Waals surface area contributed by atoms with Crippen molar-refractivity contribution in [1.29, 1.82) is 0 Å². The minimum atomic E-state index is -4.13. The highest BCUT2D eigenvalue weighted by atomic mass is 35.7. The Morgan fingerprint density at radius 2 is 1.59 bits per heavy atom. The van der Waals surface area contributed by atoms with Crippen LogP contribution in [0.5, 0.6) is 0 Å². The summed E-state index contributed by atoms with van der Waals surface area (Å²) in [4.78, 5) is -0.120. The van der Waals surface area contributed by atoms with Crippen LogP contribution >= 0.6 is 33.9 Å². The van der Waals surface area contributed by atoms with Crippen LogP contribution in [0.15, 0.2) is 32.9 Å². The van der Waals surface area contributed by atoms with Crippen LogP contribution in [0.1, 0.15) is 5.56 Å². The van der Waals surface area contributed by atoms with Crippen molar-refractivity contribution in [1.82, 2.24) is 0 Å². The van der Waals surface area contributed by atoms with E-state index in [2.05, 4.69) is 3.77 Å². The molecule has 1 aromatic rings. The van der Waals surface area contributed by atoms with Crippen LogP contribution in [0.25, 0.3) is 0 Å². The summed E-state index contributed by atoms with van der Waals surface area (Å²) in [6.07, 6.45) is 0. The maximum Gasteiger partial charge on any atom is 0.291 e. The molecule has 0 fully saturated rings. The lowest BCUT2D eigenvalue weighted by molar-refractivity contribution is 0.598. The molecule has 1 aromatic carbocycles. The molecule has 0 saturated heterocycles. The molecule has 0 N–H and O–H groups in total. The first-order chi connectivity index (χ1) is 7.65. The van der Waals surface area contributed by atoms with Gasteiger partial charge in [0, 0.05) is 10.7 Å². The molecule has 1 atom stereocenters. The fourth-order valence-electron chi connectivity index (χ4n) is 0.920. The molecule has 0 bridgehead atoms. The smallest absolute Gasteiger partial charge is 0.230 e. The maximum absolute atomic E-state index is 11.7. The average molecular weight is 337 g/mol. The van der Waals surface area contributed by atoms with Crippen LogP contribution in [-0.4, -0.2) is 16.8 Å². The van der Waals surface area contributed by atoms with E-state index < -0.39 is 23.1 Å². The van der Waals surface area contributed by atoms with E-state index >= 15 is 0 Å². The summed E-state index contributed by atoms with van der Waals surface area (Å²) >= 11 is 10.6. The number of nitrogens with zero attached hydrogens (tertiary/aromatic N) is 1. The quantitative estimate of drug-likeness (QED) is 0.629. The van der Waals surface area contributed by atoms with Crippen molar-refractivity contribution in [3.05, 3.63) is 29.8 Å². The fourth-order valence-corrected chi connectivity index (χ4v) is 4.33. The Morgan fingerprint density at radius 3 is 2.00 bits per heavy atom. The largest absolute Gasteiger partial charge is 0.291 e. The third kappa shape index (κ3) is 3.99. The SMILES string of the molecule is Cc1ccc(S(=O)(=O)N=S(=O)(Cl)C(Cl)Cl)cc1. The lowest BCUT2D eigenvalue weighted by atomic mass is 10.2. The van der Waals surface area contributed by atoms with Gasteiger partial charge in [-0.3, -0.25) is 0 Å². The monoisotopic (exact) mass is 335 g/mol. The van der Waals surface area contributed by atoms with Crippen LogP contribution in [0, 0.1) is 6.92 Å². The van der Waals surface area contributed by atoms with Gasteiger partial charge in [0.2, 0.25) is 4.17 Å². The molecule has 17 heavy (non-hydrogen) atoms. The Hall–Kier alpha value is -0.0100. The van der Waals surface area contributed by atoms with Gasteiger partial charge in [-0.2, -0.15) is 8.42 Å². The van der Waals surface area contributed by atoms with Gasteiger partial charge in [-0.1, -0.05) is 44.7 Å². The van der Waals surface area contributed by atoms with Crippen LogP contribution < -0.4 is 0 Å². The first-order valence-electron chi connectivity index (χ1n) is 4.22. The van der Waals surface area contributed by atoms with Gasteiger partial charge in [-0.15, -0.1) is 0 Å². The highest BCUT2D eigenvalue weighted by molar-refractivity contribution is 8.21. The van der Waals surface area contributed by atoms with Crippen molar-refractivity contribution in [3.63, 3.8) is 0 Å². The molecular formula is C8H8Cl3NO3S2. The Balaban J connectivity index is 3.32. The van der Waals surface area contributed by atoms with E-state index in [0.717, 1.165) is 5.56 Å². The molecule has 1 rings (SSSR count). The van der Waals surface area contributed by atoms with Gasteiger partial charge in [0.15, 0.2) is 8.94 Å². The lowest BCUT2D eigenvalue weighted by Gasteiger charge is -2.03. The molecule has 0 radical (unpaired) electrons. The number of rotatable bonds is 3. The first-order valence-corrected chi connectivity index (χ1v) is 8.93. The van der Waals surface area contributed by atoms with Gasteiger partial charge in [-0.05, 0) is 19.1 Å². The normalized spacial score (nSPS) is 15.6. The average Bonchev–Trinajstić information content (AvgIpc) is 2.16. The highest BCUT2D eigenvalue weighted by Crippen LogP contribution is 2.23. The number of benzene rings is 1. The molecule has 96 valence electrons. The highest BCUT2D eigenvalue weighted by Gasteiger charge is 2.22. The molecule has 0 saturated carbocycles. The summed E-state index contributed by atoms with van der Waals surface area (Å²) in [6, 6.07) is 5.82. The predicted molar refractivity (Wildman–Crippen MR) is 70.3 cm³/mol. The number of hydrogen-bond acceptors (Lipinski definition) is 3. The third-order valence-corrected chi connectivity index (χ3v) is 7.68. The molecule has 0 aliphatic rings. The van der Waals surface area contributed by atoms with Crippen molar-refractivity contribution < 1.29 is 12.6 Å². The topological polar surface area (TPSA) is 63.6 Å².